The third-order valence-corrected chi connectivity index (χ3v) is 4.81. The zero-order valence-corrected chi connectivity index (χ0v) is 12.5. The molecular formula is C16H30N2O. The Hall–Kier alpha value is -0.570. The molecule has 1 aliphatic carbocycles. The SMILES string of the molecule is CCCCCCCC(=O)NC1CCNC2(CCC2)C1. The van der Waals surface area contributed by atoms with E-state index in [2.05, 4.69) is 17.6 Å². The molecule has 1 saturated heterocycles. The maximum Gasteiger partial charge on any atom is 0.220 e. The number of hydrogen-bond acceptors (Lipinski definition) is 2. The number of rotatable bonds is 7. The van der Waals surface area contributed by atoms with E-state index < -0.39 is 0 Å². The van der Waals surface area contributed by atoms with Gasteiger partial charge in [-0.1, -0.05) is 32.6 Å². The fourth-order valence-corrected chi connectivity index (χ4v) is 3.45. The predicted octanol–water partition coefficient (Wildman–Crippen LogP) is 3.14. The third-order valence-electron chi connectivity index (χ3n) is 4.81. The summed E-state index contributed by atoms with van der Waals surface area (Å²) in [7, 11) is 0. The summed E-state index contributed by atoms with van der Waals surface area (Å²) in [4.78, 5) is 11.9. The molecule has 0 aromatic heterocycles. The fourth-order valence-electron chi connectivity index (χ4n) is 3.45. The largest absolute Gasteiger partial charge is 0.353 e. The van der Waals surface area contributed by atoms with E-state index in [1.807, 2.05) is 0 Å². The summed E-state index contributed by atoms with van der Waals surface area (Å²) in [6, 6.07) is 0.421. The maximum absolute atomic E-state index is 11.9. The molecule has 1 amide bonds. The summed E-state index contributed by atoms with van der Waals surface area (Å²) < 4.78 is 0. The van der Waals surface area contributed by atoms with E-state index in [1.54, 1.807) is 0 Å². The van der Waals surface area contributed by atoms with Crippen molar-refractivity contribution in [2.45, 2.75) is 89.1 Å². The monoisotopic (exact) mass is 266 g/mol. The lowest BCUT2D eigenvalue weighted by Gasteiger charge is -2.48. The highest BCUT2D eigenvalue weighted by molar-refractivity contribution is 5.76. The third kappa shape index (κ3) is 4.48. The summed E-state index contributed by atoms with van der Waals surface area (Å²) in [5.74, 6) is 0.276. The molecule has 1 spiro atoms. The molecule has 0 bridgehead atoms. The van der Waals surface area contributed by atoms with Crippen LogP contribution in [0, 0.1) is 0 Å². The molecule has 19 heavy (non-hydrogen) atoms. The second-order valence-electron chi connectivity index (χ2n) is 6.48. The van der Waals surface area contributed by atoms with Gasteiger partial charge in [-0.15, -0.1) is 0 Å². The lowest BCUT2D eigenvalue weighted by atomic mass is 9.70. The van der Waals surface area contributed by atoms with Gasteiger partial charge in [0.15, 0.2) is 0 Å². The van der Waals surface area contributed by atoms with E-state index in [9.17, 15) is 4.79 Å². The van der Waals surface area contributed by atoms with E-state index in [0.29, 0.717) is 11.6 Å². The maximum atomic E-state index is 11.9. The number of nitrogens with one attached hydrogen (secondary N) is 2. The van der Waals surface area contributed by atoms with Gasteiger partial charge >= 0.3 is 0 Å². The lowest BCUT2D eigenvalue weighted by Crippen LogP contribution is -2.59. The Bertz CT molecular complexity index is 286. The number of unbranched alkanes of at least 4 members (excludes halogenated alkanes) is 4. The Morgan fingerprint density at radius 3 is 2.74 bits per heavy atom. The van der Waals surface area contributed by atoms with Gasteiger partial charge in [-0.05, 0) is 45.1 Å². The fraction of sp³-hybridized carbons (Fsp3) is 0.938. The predicted molar refractivity (Wildman–Crippen MR) is 79.1 cm³/mol. The summed E-state index contributed by atoms with van der Waals surface area (Å²) in [5.41, 5.74) is 0.386. The van der Waals surface area contributed by atoms with E-state index in [4.69, 9.17) is 0 Å². The van der Waals surface area contributed by atoms with Crippen LogP contribution in [0.25, 0.3) is 0 Å². The van der Waals surface area contributed by atoms with Crippen LogP contribution in [-0.2, 0) is 4.79 Å². The molecule has 0 aromatic rings. The van der Waals surface area contributed by atoms with Crippen LogP contribution in [0.4, 0.5) is 0 Å². The van der Waals surface area contributed by atoms with Crippen molar-refractivity contribution in [3.63, 3.8) is 0 Å². The van der Waals surface area contributed by atoms with Crippen molar-refractivity contribution in [2.75, 3.05) is 6.54 Å². The second kappa shape index (κ2) is 7.28. The van der Waals surface area contributed by atoms with Crippen molar-refractivity contribution in [3.8, 4) is 0 Å². The average molecular weight is 266 g/mol. The van der Waals surface area contributed by atoms with Crippen LogP contribution in [0.1, 0.15) is 77.6 Å². The van der Waals surface area contributed by atoms with Crippen LogP contribution in [0.3, 0.4) is 0 Å². The molecule has 1 unspecified atom stereocenters. The van der Waals surface area contributed by atoms with Gasteiger partial charge in [-0.3, -0.25) is 4.79 Å². The average Bonchev–Trinajstić information content (AvgIpc) is 2.37. The first-order chi connectivity index (χ1) is 9.24. The molecule has 2 aliphatic rings. The molecule has 0 aromatic carbocycles. The molecule has 2 N–H and O–H groups in total. The highest BCUT2D eigenvalue weighted by Gasteiger charge is 2.41. The first kappa shape index (κ1) is 14.8. The Kier molecular flexibility index (Phi) is 5.68. The van der Waals surface area contributed by atoms with Crippen LogP contribution >= 0.6 is 0 Å². The Morgan fingerprint density at radius 1 is 1.26 bits per heavy atom. The van der Waals surface area contributed by atoms with Crippen molar-refractivity contribution in [2.24, 2.45) is 0 Å². The van der Waals surface area contributed by atoms with E-state index >= 15 is 0 Å². The molecule has 2 rings (SSSR count). The lowest BCUT2D eigenvalue weighted by molar-refractivity contribution is -0.122. The highest BCUT2D eigenvalue weighted by atomic mass is 16.1. The summed E-state index contributed by atoms with van der Waals surface area (Å²) >= 11 is 0. The Labute approximate surface area is 117 Å². The highest BCUT2D eigenvalue weighted by Crippen LogP contribution is 2.38. The van der Waals surface area contributed by atoms with Gasteiger partial charge < -0.3 is 10.6 Å². The van der Waals surface area contributed by atoms with Crippen LogP contribution < -0.4 is 10.6 Å². The van der Waals surface area contributed by atoms with Gasteiger partial charge in [0.05, 0.1) is 0 Å². The van der Waals surface area contributed by atoms with E-state index in [-0.39, 0.29) is 5.91 Å². The van der Waals surface area contributed by atoms with Crippen molar-refractivity contribution >= 4 is 5.91 Å². The Balaban J connectivity index is 1.59. The topological polar surface area (TPSA) is 41.1 Å². The minimum absolute atomic E-state index is 0.276. The molecule has 3 heteroatoms. The molecule has 1 aliphatic heterocycles. The number of amides is 1. The number of hydrogen-bond donors (Lipinski definition) is 2. The summed E-state index contributed by atoms with van der Waals surface area (Å²) in [6.07, 6.45) is 13.0. The first-order valence-electron chi connectivity index (χ1n) is 8.28. The van der Waals surface area contributed by atoms with Crippen LogP contribution in [-0.4, -0.2) is 24.0 Å². The normalized spacial score (nSPS) is 25.0. The molecule has 3 nitrogen and oxygen atoms in total. The number of piperidine rings is 1. The number of carbonyl (C=O) groups excluding carboxylic acids is 1. The van der Waals surface area contributed by atoms with Crippen LogP contribution in [0.2, 0.25) is 0 Å². The summed E-state index contributed by atoms with van der Waals surface area (Å²) in [6.45, 7) is 3.29. The van der Waals surface area contributed by atoms with Crippen molar-refractivity contribution < 1.29 is 4.79 Å². The van der Waals surface area contributed by atoms with Gasteiger partial charge in [0.1, 0.15) is 0 Å². The summed E-state index contributed by atoms with van der Waals surface area (Å²) in [5, 5.41) is 6.90. The molecule has 1 atom stereocenters. The quantitative estimate of drug-likeness (QED) is 0.695. The zero-order valence-electron chi connectivity index (χ0n) is 12.5. The zero-order chi connectivity index (χ0) is 13.6. The van der Waals surface area contributed by atoms with Crippen molar-refractivity contribution in [1.29, 1.82) is 0 Å². The van der Waals surface area contributed by atoms with Crippen molar-refractivity contribution in [3.05, 3.63) is 0 Å². The second-order valence-corrected chi connectivity index (χ2v) is 6.48. The first-order valence-corrected chi connectivity index (χ1v) is 8.28. The van der Waals surface area contributed by atoms with Crippen molar-refractivity contribution in [1.82, 2.24) is 10.6 Å². The van der Waals surface area contributed by atoms with E-state index in [0.717, 1.165) is 32.2 Å². The molecule has 0 radical (unpaired) electrons. The van der Waals surface area contributed by atoms with Gasteiger partial charge in [0.25, 0.3) is 0 Å². The minimum atomic E-state index is 0.276. The Morgan fingerprint density at radius 2 is 2.05 bits per heavy atom. The van der Waals surface area contributed by atoms with Gasteiger partial charge in [-0.25, -0.2) is 0 Å². The molecule has 2 fully saturated rings. The van der Waals surface area contributed by atoms with Gasteiger partial charge in [-0.2, -0.15) is 0 Å². The van der Waals surface area contributed by atoms with E-state index in [1.165, 1.54) is 44.9 Å². The smallest absolute Gasteiger partial charge is 0.220 e. The molecular weight excluding hydrogens is 236 g/mol. The van der Waals surface area contributed by atoms with Gasteiger partial charge in [0.2, 0.25) is 5.91 Å². The molecule has 1 heterocycles. The molecule has 1 saturated carbocycles. The number of carbonyl (C=O) groups is 1. The van der Waals surface area contributed by atoms with Gasteiger partial charge in [0, 0.05) is 18.0 Å². The van der Waals surface area contributed by atoms with Crippen LogP contribution in [0.15, 0.2) is 0 Å². The molecule has 110 valence electrons. The minimum Gasteiger partial charge on any atom is -0.353 e. The standard InChI is InChI=1S/C16H30N2O/c1-2-3-4-5-6-8-15(19)18-14-9-12-17-16(13-14)10-7-11-16/h14,17H,2-13H2,1H3,(H,18,19). The van der Waals surface area contributed by atoms with Crippen LogP contribution in [0.5, 0.6) is 0 Å².